The molecule has 1 heterocycles. The average molecular weight is 672 g/mol. The summed E-state index contributed by atoms with van der Waals surface area (Å²) in [6.07, 6.45) is -4.59. The van der Waals surface area contributed by atoms with Crippen molar-refractivity contribution in [1.82, 2.24) is 4.31 Å². The minimum Gasteiger partial charge on any atom is -0.549 e. The molecule has 1 N–H and O–H groups in total. The summed E-state index contributed by atoms with van der Waals surface area (Å²) in [6, 6.07) is 25.1. The van der Waals surface area contributed by atoms with Crippen LogP contribution in [0.3, 0.4) is 0 Å². The number of fused-ring (bicyclic) bond motifs is 1. The van der Waals surface area contributed by atoms with Gasteiger partial charge >= 0.3 is 35.7 Å². The Morgan fingerprint density at radius 3 is 2.26 bits per heavy atom. The number of carbonyl (C=O) groups is 1. The number of methoxy groups -OCH3 is 1. The molecule has 240 valence electrons. The molecular formula is C36H33F3NNaO5S. The van der Waals surface area contributed by atoms with Crippen LogP contribution in [0.5, 0.6) is 5.75 Å². The second-order valence-corrected chi connectivity index (χ2v) is 12.7. The molecule has 0 saturated heterocycles. The first kappa shape index (κ1) is 36.6. The second kappa shape index (κ2) is 14.9. The number of rotatable bonds is 11. The van der Waals surface area contributed by atoms with E-state index in [0.29, 0.717) is 23.4 Å². The number of alkyl halides is 3. The summed E-state index contributed by atoms with van der Waals surface area (Å²) in [5, 5.41) is 23.8. The van der Waals surface area contributed by atoms with Crippen LogP contribution in [0, 0.1) is 6.92 Å². The van der Waals surface area contributed by atoms with E-state index in [1.807, 2.05) is 65.8 Å². The fourth-order valence-electron chi connectivity index (χ4n) is 5.34. The fraction of sp³-hybridized carbons (Fsp3) is 0.250. The van der Waals surface area contributed by atoms with Crippen molar-refractivity contribution in [3.05, 3.63) is 119 Å². The molecule has 0 saturated carbocycles. The fourth-order valence-corrected chi connectivity index (χ4v) is 6.49. The Hall–Kier alpha value is -3.25. The number of halogens is 3. The molecule has 0 unspecified atom stereocenters. The summed E-state index contributed by atoms with van der Waals surface area (Å²) >= 11 is 1.43. The molecule has 4 aromatic carbocycles. The number of benzene rings is 4. The third kappa shape index (κ3) is 8.08. The predicted octanol–water partition coefficient (Wildman–Crippen LogP) is 4.67. The first-order chi connectivity index (χ1) is 21.8. The summed E-state index contributed by atoms with van der Waals surface area (Å²) < 4.78 is 52.9. The molecule has 5 aromatic rings. The maximum atomic E-state index is 13.3. The molecule has 0 atom stereocenters. The van der Waals surface area contributed by atoms with Crippen molar-refractivity contribution in [3.63, 3.8) is 0 Å². The first-order valence-electron chi connectivity index (χ1n) is 14.5. The van der Waals surface area contributed by atoms with Gasteiger partial charge in [-0.25, -0.2) is 4.31 Å². The molecule has 0 spiro atoms. The van der Waals surface area contributed by atoms with Gasteiger partial charge in [-0.05, 0) is 81.7 Å². The van der Waals surface area contributed by atoms with Gasteiger partial charge in [0.2, 0.25) is 5.76 Å². The number of furan rings is 1. The molecule has 0 bridgehead atoms. The van der Waals surface area contributed by atoms with Crippen molar-refractivity contribution in [1.29, 1.82) is 0 Å². The van der Waals surface area contributed by atoms with Gasteiger partial charge in [0.1, 0.15) is 11.5 Å². The summed E-state index contributed by atoms with van der Waals surface area (Å²) in [7, 11) is 1.54. The Morgan fingerprint density at radius 2 is 1.62 bits per heavy atom. The largest absolute Gasteiger partial charge is 1.00 e. The third-order valence-corrected chi connectivity index (χ3v) is 9.24. The van der Waals surface area contributed by atoms with Gasteiger partial charge in [0.25, 0.3) is 0 Å². The molecule has 0 fully saturated rings. The molecule has 0 aliphatic rings. The van der Waals surface area contributed by atoms with Crippen molar-refractivity contribution < 1.29 is 66.9 Å². The van der Waals surface area contributed by atoms with Gasteiger partial charge < -0.3 is 24.2 Å². The minimum absolute atomic E-state index is 0. The molecule has 1 aromatic heterocycles. The standard InChI is InChI=1S/C36H34F3NO5S.Na/c1-22-9-10-23-7-5-6-8-29(23)33(22)46-40(20-28-15-16-32(45-28)36(37,38)39)19-26-13-11-25(18-31(26)44-4)24-12-14-27(21-41)30(17-24)35(2,3)34(42)43;/h5-18,41H,19-21H2,1-4H3,(H,42,43);/q;+1/p-1. The minimum atomic E-state index is -4.59. The Balaban J connectivity index is 0.00000500. The number of aliphatic hydroxyl groups excluding tert-OH is 1. The van der Waals surface area contributed by atoms with Crippen LogP contribution in [0.1, 0.15) is 47.6 Å². The van der Waals surface area contributed by atoms with Crippen LogP contribution in [0.4, 0.5) is 13.2 Å². The Bertz CT molecular complexity index is 1890. The first-order valence-corrected chi connectivity index (χ1v) is 15.3. The third-order valence-electron chi connectivity index (χ3n) is 8.00. The van der Waals surface area contributed by atoms with Gasteiger partial charge in [-0.15, -0.1) is 0 Å². The monoisotopic (exact) mass is 671 g/mol. The molecule has 0 aliphatic carbocycles. The zero-order valence-electron chi connectivity index (χ0n) is 26.8. The number of carboxylic acids is 1. The van der Waals surface area contributed by atoms with Gasteiger partial charge in [-0.1, -0.05) is 74.5 Å². The molecule has 0 aliphatic heterocycles. The SMILES string of the molecule is COc1cc(-c2ccc(CO)c(C(C)(C)C(=O)[O-])c2)ccc1CN(Cc1ccc(C(F)(F)F)o1)Sc1c(C)ccc2ccccc12.[Na+]. The molecule has 0 radical (unpaired) electrons. The van der Waals surface area contributed by atoms with Crippen LogP contribution in [-0.4, -0.2) is 22.5 Å². The smallest absolute Gasteiger partial charge is 0.549 e. The summed E-state index contributed by atoms with van der Waals surface area (Å²) in [4.78, 5) is 12.9. The number of ether oxygens (including phenoxy) is 1. The topological polar surface area (TPSA) is 86.0 Å². The Labute approximate surface area is 298 Å². The molecule has 11 heteroatoms. The van der Waals surface area contributed by atoms with E-state index < -0.39 is 23.3 Å². The van der Waals surface area contributed by atoms with E-state index in [0.717, 1.165) is 44.0 Å². The Morgan fingerprint density at radius 1 is 0.936 bits per heavy atom. The van der Waals surface area contributed by atoms with Gasteiger partial charge in [-0.3, -0.25) is 0 Å². The maximum absolute atomic E-state index is 13.3. The quantitative estimate of drug-likeness (QED) is 0.162. The summed E-state index contributed by atoms with van der Waals surface area (Å²) in [5.41, 5.74) is 2.87. The van der Waals surface area contributed by atoms with E-state index >= 15 is 0 Å². The average Bonchev–Trinajstić information content (AvgIpc) is 3.51. The van der Waals surface area contributed by atoms with Crippen LogP contribution in [0.2, 0.25) is 0 Å². The zero-order valence-corrected chi connectivity index (χ0v) is 29.6. The van der Waals surface area contributed by atoms with E-state index in [-0.39, 0.29) is 48.5 Å². The van der Waals surface area contributed by atoms with Crippen LogP contribution < -0.4 is 39.4 Å². The van der Waals surface area contributed by atoms with Crippen molar-refractivity contribution in [3.8, 4) is 16.9 Å². The van der Waals surface area contributed by atoms with Crippen LogP contribution in [0.25, 0.3) is 21.9 Å². The number of carbonyl (C=O) groups excluding carboxylic acids is 1. The molecular weight excluding hydrogens is 638 g/mol. The number of aliphatic carboxylic acids is 1. The Kier molecular flexibility index (Phi) is 11.6. The van der Waals surface area contributed by atoms with E-state index in [2.05, 4.69) is 0 Å². The van der Waals surface area contributed by atoms with E-state index in [9.17, 15) is 28.2 Å². The van der Waals surface area contributed by atoms with Gasteiger partial charge in [-0.2, -0.15) is 13.2 Å². The summed E-state index contributed by atoms with van der Waals surface area (Å²) in [6.45, 7) is 5.12. The number of carboxylic acid groups (broad SMARTS) is 1. The van der Waals surface area contributed by atoms with Crippen molar-refractivity contribution in [2.45, 2.75) is 57.0 Å². The van der Waals surface area contributed by atoms with Crippen molar-refractivity contribution in [2.24, 2.45) is 0 Å². The number of nitrogens with zero attached hydrogens (tertiary/aromatic N) is 1. The number of aliphatic hydroxyl groups is 1. The molecule has 47 heavy (non-hydrogen) atoms. The predicted molar refractivity (Wildman–Crippen MR) is 170 cm³/mol. The normalized spacial score (nSPS) is 11.9. The van der Waals surface area contributed by atoms with Gasteiger partial charge in [0.05, 0.1) is 26.2 Å². The van der Waals surface area contributed by atoms with E-state index in [1.165, 1.54) is 39.0 Å². The van der Waals surface area contributed by atoms with E-state index in [1.54, 1.807) is 18.2 Å². The van der Waals surface area contributed by atoms with Crippen molar-refractivity contribution in [2.75, 3.05) is 7.11 Å². The van der Waals surface area contributed by atoms with Gasteiger partial charge in [0.15, 0.2) is 0 Å². The van der Waals surface area contributed by atoms with Gasteiger partial charge in [0, 0.05) is 22.4 Å². The number of hydrogen-bond acceptors (Lipinski definition) is 7. The second-order valence-electron chi connectivity index (χ2n) is 11.6. The van der Waals surface area contributed by atoms with Crippen LogP contribution in [-0.2, 0) is 36.1 Å². The maximum Gasteiger partial charge on any atom is 1.00 e. The van der Waals surface area contributed by atoms with Crippen molar-refractivity contribution >= 4 is 28.7 Å². The zero-order chi connectivity index (χ0) is 33.2. The summed E-state index contributed by atoms with van der Waals surface area (Å²) in [5.74, 6) is -1.60. The molecule has 5 rings (SSSR count). The number of hydrogen-bond donors (Lipinski definition) is 1. The van der Waals surface area contributed by atoms with E-state index in [4.69, 9.17) is 9.15 Å². The number of aryl methyl sites for hydroxylation is 1. The van der Waals surface area contributed by atoms with Crippen LogP contribution >= 0.6 is 11.9 Å². The van der Waals surface area contributed by atoms with Crippen LogP contribution in [0.15, 0.2) is 94.2 Å². The molecule has 0 amide bonds. The molecule has 6 nitrogen and oxygen atoms in total.